The van der Waals surface area contributed by atoms with Gasteiger partial charge in [-0.15, -0.1) is 0 Å². The summed E-state index contributed by atoms with van der Waals surface area (Å²) in [4.78, 5) is 12.0. The number of hydrogen-bond acceptors (Lipinski definition) is 4. The largest absolute Gasteiger partial charge is 0.494 e. The summed E-state index contributed by atoms with van der Waals surface area (Å²) in [5, 5.41) is 4.18. The lowest BCUT2D eigenvalue weighted by Crippen LogP contribution is -2.10. The predicted molar refractivity (Wildman–Crippen MR) is 80.5 cm³/mol. The van der Waals surface area contributed by atoms with Crippen molar-refractivity contribution in [2.75, 3.05) is 13.7 Å². The van der Waals surface area contributed by atoms with Crippen LogP contribution in [0.5, 0.6) is 5.75 Å². The topological polar surface area (TPSA) is 53.3 Å². The van der Waals surface area contributed by atoms with E-state index in [1.807, 2.05) is 0 Å². The van der Waals surface area contributed by atoms with Crippen LogP contribution >= 0.6 is 0 Å². The molecule has 0 N–H and O–H groups in total. The normalized spacial score (nSPS) is 11.5. The number of nitrogens with zero attached hydrogens (tertiary/aromatic N) is 2. The molecule has 0 aliphatic carbocycles. The molecule has 0 amide bonds. The van der Waals surface area contributed by atoms with Crippen LogP contribution in [0.2, 0.25) is 0 Å². The first kappa shape index (κ1) is 17.8. The Labute approximate surface area is 137 Å². The summed E-state index contributed by atoms with van der Waals surface area (Å²) < 4.78 is 50.3. The van der Waals surface area contributed by atoms with Gasteiger partial charge in [-0.2, -0.15) is 18.3 Å². The monoisotopic (exact) mass is 342 g/mol. The summed E-state index contributed by atoms with van der Waals surface area (Å²) in [7, 11) is 1.35. The molecule has 2 aromatic rings. The maximum absolute atomic E-state index is 13.0. The lowest BCUT2D eigenvalue weighted by Gasteiger charge is -2.14. The van der Waals surface area contributed by atoms with Crippen molar-refractivity contribution >= 4 is 5.97 Å². The van der Waals surface area contributed by atoms with Crippen LogP contribution < -0.4 is 4.74 Å². The van der Waals surface area contributed by atoms with E-state index in [4.69, 9.17) is 9.47 Å². The first-order chi connectivity index (χ1) is 11.2. The smallest absolute Gasteiger partial charge is 0.416 e. The Morgan fingerprint density at radius 2 is 1.96 bits per heavy atom. The molecule has 130 valence electrons. The molecule has 0 saturated heterocycles. The molecule has 0 radical (unpaired) electrons. The van der Waals surface area contributed by atoms with Crippen LogP contribution in [0.3, 0.4) is 0 Å². The molecule has 5 nitrogen and oxygen atoms in total. The number of carbonyl (C=O) groups is 1. The summed E-state index contributed by atoms with van der Waals surface area (Å²) in [5.41, 5.74) is 0.248. The fraction of sp³-hybridized carbons (Fsp3) is 0.375. The number of aromatic nitrogens is 2. The molecule has 0 saturated carbocycles. The van der Waals surface area contributed by atoms with Gasteiger partial charge in [0.15, 0.2) is 0 Å². The molecule has 24 heavy (non-hydrogen) atoms. The maximum atomic E-state index is 13.0. The Kier molecular flexibility index (Phi) is 4.86. The number of halogens is 3. The number of hydrogen-bond donors (Lipinski definition) is 0. The number of alkyl halides is 3. The van der Waals surface area contributed by atoms with E-state index >= 15 is 0 Å². The number of ether oxygens (including phenoxy) is 2. The van der Waals surface area contributed by atoms with E-state index in [2.05, 4.69) is 5.10 Å². The minimum Gasteiger partial charge on any atom is -0.494 e. The summed E-state index contributed by atoms with van der Waals surface area (Å²) in [5.74, 6) is -0.353. The minimum atomic E-state index is -4.50. The van der Waals surface area contributed by atoms with Crippen LogP contribution in [0, 0.1) is 13.8 Å². The highest BCUT2D eigenvalue weighted by atomic mass is 19.4. The Balaban J connectivity index is 2.64. The predicted octanol–water partition coefficient (Wildman–Crippen LogP) is 3.69. The van der Waals surface area contributed by atoms with Gasteiger partial charge in [0, 0.05) is 0 Å². The average Bonchev–Trinajstić information content (AvgIpc) is 2.80. The first-order valence-electron chi connectivity index (χ1n) is 7.19. The molecule has 0 atom stereocenters. The third-order valence-corrected chi connectivity index (χ3v) is 3.51. The number of benzene rings is 1. The van der Waals surface area contributed by atoms with Gasteiger partial charge in [0.05, 0.1) is 30.7 Å². The van der Waals surface area contributed by atoms with Gasteiger partial charge < -0.3 is 9.47 Å². The summed E-state index contributed by atoms with van der Waals surface area (Å²) in [6.07, 6.45) is -4.50. The number of methoxy groups -OCH3 is 1. The van der Waals surface area contributed by atoms with Crippen LogP contribution in [0.1, 0.15) is 34.2 Å². The van der Waals surface area contributed by atoms with Gasteiger partial charge in [-0.25, -0.2) is 9.48 Å². The molecule has 8 heteroatoms. The van der Waals surface area contributed by atoms with Crippen LogP contribution in [0.25, 0.3) is 5.69 Å². The molecule has 1 heterocycles. The molecule has 0 bridgehead atoms. The van der Waals surface area contributed by atoms with E-state index in [0.717, 1.165) is 12.1 Å². The molecular weight excluding hydrogens is 325 g/mol. The lowest BCUT2D eigenvalue weighted by atomic mass is 10.1. The van der Waals surface area contributed by atoms with Gasteiger partial charge in [0.25, 0.3) is 0 Å². The minimum absolute atomic E-state index is 0.100. The second kappa shape index (κ2) is 6.54. The number of rotatable bonds is 4. The van der Waals surface area contributed by atoms with E-state index in [0.29, 0.717) is 11.4 Å². The quantitative estimate of drug-likeness (QED) is 0.795. The van der Waals surface area contributed by atoms with E-state index in [9.17, 15) is 18.0 Å². The third kappa shape index (κ3) is 3.22. The molecule has 0 aliphatic rings. The Morgan fingerprint density at radius 3 is 2.50 bits per heavy atom. The second-order valence-electron chi connectivity index (χ2n) is 5.06. The zero-order valence-electron chi connectivity index (χ0n) is 13.7. The number of aryl methyl sites for hydroxylation is 1. The third-order valence-electron chi connectivity index (χ3n) is 3.51. The molecule has 0 spiro atoms. The van der Waals surface area contributed by atoms with Gasteiger partial charge in [0.1, 0.15) is 17.0 Å². The van der Waals surface area contributed by atoms with E-state index in [-0.39, 0.29) is 23.6 Å². The van der Waals surface area contributed by atoms with Crippen LogP contribution in [-0.4, -0.2) is 29.5 Å². The van der Waals surface area contributed by atoms with Crippen molar-refractivity contribution in [1.82, 2.24) is 9.78 Å². The molecular formula is C16H17F3N2O3. The summed E-state index contributed by atoms with van der Waals surface area (Å²) in [6, 6.07) is 3.09. The Morgan fingerprint density at radius 1 is 1.29 bits per heavy atom. The van der Waals surface area contributed by atoms with Crippen LogP contribution in [0.15, 0.2) is 18.2 Å². The summed E-state index contributed by atoms with van der Waals surface area (Å²) >= 11 is 0. The number of carbonyl (C=O) groups excluding carboxylic acids is 1. The van der Waals surface area contributed by atoms with Crippen molar-refractivity contribution in [2.24, 2.45) is 0 Å². The molecule has 1 aromatic carbocycles. The molecule has 0 fully saturated rings. The lowest BCUT2D eigenvalue weighted by molar-refractivity contribution is -0.137. The van der Waals surface area contributed by atoms with Crippen molar-refractivity contribution in [1.29, 1.82) is 0 Å². The molecule has 0 unspecified atom stereocenters. The highest BCUT2D eigenvalue weighted by Gasteiger charge is 2.32. The average molecular weight is 342 g/mol. The van der Waals surface area contributed by atoms with Crippen LogP contribution in [0.4, 0.5) is 13.2 Å². The van der Waals surface area contributed by atoms with E-state index < -0.39 is 17.7 Å². The zero-order valence-corrected chi connectivity index (χ0v) is 13.7. The number of esters is 1. The maximum Gasteiger partial charge on any atom is 0.416 e. The van der Waals surface area contributed by atoms with Crippen molar-refractivity contribution in [2.45, 2.75) is 26.9 Å². The van der Waals surface area contributed by atoms with Crippen molar-refractivity contribution in [3.63, 3.8) is 0 Å². The SMILES string of the molecule is CCOC(=O)c1c(C)nn(-c2cc(C(F)(F)F)ccc2OC)c1C. The first-order valence-corrected chi connectivity index (χ1v) is 7.19. The second-order valence-corrected chi connectivity index (χ2v) is 5.06. The zero-order chi connectivity index (χ0) is 18.1. The molecule has 1 aromatic heterocycles. The van der Waals surface area contributed by atoms with Gasteiger partial charge in [-0.3, -0.25) is 0 Å². The Hall–Kier alpha value is -2.51. The highest BCUT2D eigenvalue weighted by molar-refractivity contribution is 5.92. The standard InChI is InChI=1S/C16H17F3N2O3/c1-5-24-15(22)14-9(2)20-21(10(14)3)12-8-11(16(17,18)19)6-7-13(12)23-4/h6-8H,5H2,1-4H3. The van der Waals surface area contributed by atoms with Gasteiger partial charge in [-0.1, -0.05) is 0 Å². The Bertz CT molecular complexity index is 767. The van der Waals surface area contributed by atoms with E-state index in [1.54, 1.807) is 20.8 Å². The fourth-order valence-corrected chi connectivity index (χ4v) is 2.41. The molecule has 2 rings (SSSR count). The summed E-state index contributed by atoms with van der Waals surface area (Å²) in [6.45, 7) is 5.04. The highest BCUT2D eigenvalue weighted by Crippen LogP contribution is 2.34. The molecule has 0 aliphatic heterocycles. The van der Waals surface area contributed by atoms with Crippen molar-refractivity contribution < 1.29 is 27.4 Å². The van der Waals surface area contributed by atoms with Crippen molar-refractivity contribution in [3.05, 3.63) is 40.7 Å². The van der Waals surface area contributed by atoms with Gasteiger partial charge in [-0.05, 0) is 39.0 Å². The van der Waals surface area contributed by atoms with Crippen molar-refractivity contribution in [3.8, 4) is 11.4 Å². The van der Waals surface area contributed by atoms with Gasteiger partial charge >= 0.3 is 12.1 Å². The van der Waals surface area contributed by atoms with Crippen LogP contribution in [-0.2, 0) is 10.9 Å². The fourth-order valence-electron chi connectivity index (χ4n) is 2.41. The van der Waals surface area contributed by atoms with Gasteiger partial charge in [0.2, 0.25) is 0 Å². The van der Waals surface area contributed by atoms with E-state index in [1.165, 1.54) is 17.9 Å².